The lowest BCUT2D eigenvalue weighted by molar-refractivity contribution is -0.115. The van der Waals surface area contributed by atoms with Crippen molar-refractivity contribution in [2.45, 2.75) is 37.6 Å². The van der Waals surface area contributed by atoms with Crippen LogP contribution in [0.5, 0.6) is 0 Å². The minimum absolute atomic E-state index is 0.0466. The molecule has 0 bridgehead atoms. The molecule has 0 spiro atoms. The molecule has 1 unspecified atom stereocenters. The summed E-state index contributed by atoms with van der Waals surface area (Å²) in [5.74, 6) is 1.19. The maximum atomic E-state index is 12.1. The van der Waals surface area contributed by atoms with Gasteiger partial charge in [0.25, 0.3) is 0 Å². The smallest absolute Gasteiger partial charge is 0.225 e. The maximum absolute atomic E-state index is 12.1. The number of hydrogen-bond acceptors (Lipinski definition) is 4. The van der Waals surface area contributed by atoms with Gasteiger partial charge in [0.1, 0.15) is 11.1 Å². The Morgan fingerprint density at radius 3 is 3.04 bits per heavy atom. The summed E-state index contributed by atoms with van der Waals surface area (Å²) < 4.78 is 0.860. The first-order valence-electron chi connectivity index (χ1n) is 8.67. The Kier molecular flexibility index (Phi) is 6.33. The van der Waals surface area contributed by atoms with E-state index in [2.05, 4.69) is 34.2 Å². The lowest BCUT2D eigenvalue weighted by Gasteiger charge is -2.21. The fourth-order valence-corrected chi connectivity index (χ4v) is 4.33. The van der Waals surface area contributed by atoms with E-state index < -0.39 is 0 Å². The highest BCUT2D eigenvalue weighted by Gasteiger charge is 2.19. The molecule has 6 heteroatoms. The number of nitrogens with one attached hydrogen (secondary N) is 1. The summed E-state index contributed by atoms with van der Waals surface area (Å²) in [5, 5.41) is 13.1. The molecule has 1 aliphatic rings. The normalized spacial score (nSPS) is 15.8. The number of thioether (sulfide) groups is 1. The van der Waals surface area contributed by atoms with Crippen LogP contribution >= 0.6 is 27.7 Å². The minimum Gasteiger partial charge on any atom is -0.325 e. The third-order valence-corrected chi connectivity index (χ3v) is 6.12. The number of amides is 1. The summed E-state index contributed by atoms with van der Waals surface area (Å²) >= 11 is 4.90. The van der Waals surface area contributed by atoms with Gasteiger partial charge in [-0.25, -0.2) is 4.98 Å². The maximum Gasteiger partial charge on any atom is 0.225 e. The first kappa shape index (κ1) is 18.9. The molecule has 0 aliphatic heterocycles. The number of benzene rings is 1. The highest BCUT2D eigenvalue weighted by atomic mass is 79.9. The van der Waals surface area contributed by atoms with Crippen molar-refractivity contribution in [1.82, 2.24) is 4.98 Å². The topological polar surface area (TPSA) is 65.8 Å². The van der Waals surface area contributed by atoms with Gasteiger partial charge < -0.3 is 5.32 Å². The van der Waals surface area contributed by atoms with Gasteiger partial charge in [-0.1, -0.05) is 19.1 Å². The molecule has 2 aromatic rings. The minimum atomic E-state index is -0.0466. The van der Waals surface area contributed by atoms with Crippen molar-refractivity contribution in [3.05, 3.63) is 51.6 Å². The number of carbonyl (C=O) groups is 1. The SMILES string of the molecule is CC1CCc2nc(SCCC(=O)Nc3ccccc3Br)c(C#N)cc2C1. The summed E-state index contributed by atoms with van der Waals surface area (Å²) in [6, 6.07) is 11.8. The number of rotatable bonds is 5. The molecule has 1 amide bonds. The van der Waals surface area contributed by atoms with Crippen LogP contribution in [0, 0.1) is 17.2 Å². The number of aromatic nitrogens is 1. The van der Waals surface area contributed by atoms with E-state index in [-0.39, 0.29) is 5.91 Å². The van der Waals surface area contributed by atoms with E-state index in [1.807, 2.05) is 30.3 Å². The molecule has 0 fully saturated rings. The Bertz CT molecular complexity index is 863. The molecule has 3 rings (SSSR count). The average molecular weight is 430 g/mol. The van der Waals surface area contributed by atoms with Gasteiger partial charge in [0.05, 0.1) is 11.3 Å². The number of anilines is 1. The predicted octanol–water partition coefficient (Wildman–Crippen LogP) is 4.96. The van der Waals surface area contributed by atoms with Crippen LogP contribution in [0.15, 0.2) is 39.8 Å². The van der Waals surface area contributed by atoms with Gasteiger partial charge in [-0.15, -0.1) is 11.8 Å². The average Bonchev–Trinajstić information content (AvgIpc) is 2.63. The number of nitriles is 1. The molecule has 1 heterocycles. The number of fused-ring (bicyclic) bond motifs is 1. The van der Waals surface area contributed by atoms with Crippen molar-refractivity contribution in [3.63, 3.8) is 0 Å². The third-order valence-electron chi connectivity index (χ3n) is 4.43. The lowest BCUT2D eigenvalue weighted by Crippen LogP contribution is -2.14. The molecule has 0 saturated heterocycles. The van der Waals surface area contributed by atoms with E-state index in [0.29, 0.717) is 23.7 Å². The highest BCUT2D eigenvalue weighted by molar-refractivity contribution is 9.10. The molecule has 1 N–H and O–H groups in total. The Morgan fingerprint density at radius 2 is 2.27 bits per heavy atom. The van der Waals surface area contributed by atoms with Crippen molar-refractivity contribution < 1.29 is 4.79 Å². The predicted molar refractivity (Wildman–Crippen MR) is 108 cm³/mol. The lowest BCUT2D eigenvalue weighted by atomic mass is 9.87. The van der Waals surface area contributed by atoms with Crippen LogP contribution in [0.25, 0.3) is 0 Å². The highest BCUT2D eigenvalue weighted by Crippen LogP contribution is 2.29. The Morgan fingerprint density at radius 1 is 1.46 bits per heavy atom. The summed E-state index contributed by atoms with van der Waals surface area (Å²) in [6.07, 6.45) is 3.48. The first-order chi connectivity index (χ1) is 12.6. The summed E-state index contributed by atoms with van der Waals surface area (Å²) in [6.45, 7) is 2.24. The molecule has 0 radical (unpaired) electrons. The van der Waals surface area contributed by atoms with Gasteiger partial charge in [-0.2, -0.15) is 5.26 Å². The molecule has 1 aromatic heterocycles. The molecule has 1 atom stereocenters. The largest absolute Gasteiger partial charge is 0.325 e. The molecular weight excluding hydrogens is 410 g/mol. The van der Waals surface area contributed by atoms with Crippen LogP contribution in [-0.2, 0) is 17.6 Å². The fraction of sp³-hybridized carbons (Fsp3) is 0.350. The van der Waals surface area contributed by atoms with Gasteiger partial charge >= 0.3 is 0 Å². The van der Waals surface area contributed by atoms with Crippen molar-refractivity contribution in [3.8, 4) is 6.07 Å². The van der Waals surface area contributed by atoms with E-state index in [4.69, 9.17) is 4.98 Å². The Labute approximate surface area is 166 Å². The second-order valence-corrected chi connectivity index (χ2v) is 8.47. The van der Waals surface area contributed by atoms with Gasteiger partial charge in [0.2, 0.25) is 5.91 Å². The van der Waals surface area contributed by atoms with Gasteiger partial charge in [0, 0.05) is 22.3 Å². The Hall–Kier alpha value is -1.84. The number of hydrogen-bond donors (Lipinski definition) is 1. The molecule has 1 aromatic carbocycles. The number of para-hydroxylation sites is 1. The first-order valence-corrected chi connectivity index (χ1v) is 10.4. The van der Waals surface area contributed by atoms with E-state index in [9.17, 15) is 10.1 Å². The quantitative estimate of drug-likeness (QED) is 0.681. The van der Waals surface area contributed by atoms with Crippen molar-refractivity contribution in [2.75, 3.05) is 11.1 Å². The number of carbonyl (C=O) groups excluding carboxylic acids is 1. The van der Waals surface area contributed by atoms with Crippen molar-refractivity contribution in [2.24, 2.45) is 5.92 Å². The molecule has 1 aliphatic carbocycles. The molecule has 26 heavy (non-hydrogen) atoms. The van der Waals surface area contributed by atoms with Crippen LogP contribution < -0.4 is 5.32 Å². The molecule has 134 valence electrons. The second kappa shape index (κ2) is 8.70. The number of halogens is 1. The van der Waals surface area contributed by atoms with E-state index in [0.717, 1.165) is 40.1 Å². The molecule has 4 nitrogen and oxygen atoms in total. The van der Waals surface area contributed by atoms with Crippen LogP contribution in [0.2, 0.25) is 0 Å². The van der Waals surface area contributed by atoms with Crippen LogP contribution in [0.1, 0.15) is 36.6 Å². The zero-order valence-corrected chi connectivity index (χ0v) is 17.0. The van der Waals surface area contributed by atoms with Gasteiger partial charge in [-0.05, 0) is 64.9 Å². The summed E-state index contributed by atoms with van der Waals surface area (Å²) in [5.41, 5.74) is 3.70. The van der Waals surface area contributed by atoms with Crippen molar-refractivity contribution in [1.29, 1.82) is 5.26 Å². The number of aryl methyl sites for hydroxylation is 1. The zero-order valence-electron chi connectivity index (χ0n) is 14.6. The van der Waals surface area contributed by atoms with Gasteiger partial charge in [0.15, 0.2) is 0 Å². The van der Waals surface area contributed by atoms with Crippen LogP contribution in [-0.4, -0.2) is 16.6 Å². The molecule has 0 saturated carbocycles. The third kappa shape index (κ3) is 4.66. The van der Waals surface area contributed by atoms with E-state index in [1.54, 1.807) is 0 Å². The summed E-state index contributed by atoms with van der Waals surface area (Å²) in [7, 11) is 0. The standard InChI is InChI=1S/C20H20BrN3OS/c1-13-6-7-17-14(10-13)11-15(12-22)20(24-17)26-9-8-19(25)23-18-5-3-2-4-16(18)21/h2-5,11,13H,6-10H2,1H3,(H,23,25). The van der Waals surface area contributed by atoms with Crippen LogP contribution in [0.4, 0.5) is 5.69 Å². The van der Waals surface area contributed by atoms with Crippen molar-refractivity contribution >= 4 is 39.3 Å². The van der Waals surface area contributed by atoms with Gasteiger partial charge in [-0.3, -0.25) is 4.79 Å². The number of pyridine rings is 1. The second-order valence-electron chi connectivity index (χ2n) is 6.53. The number of nitrogens with zero attached hydrogens (tertiary/aromatic N) is 2. The monoisotopic (exact) mass is 429 g/mol. The zero-order chi connectivity index (χ0) is 18.5. The molecular formula is C20H20BrN3OS. The summed E-state index contributed by atoms with van der Waals surface area (Å²) in [4.78, 5) is 16.9. The Balaban J connectivity index is 1.60. The van der Waals surface area contributed by atoms with Crippen LogP contribution in [0.3, 0.4) is 0 Å². The fourth-order valence-electron chi connectivity index (χ4n) is 3.03. The van der Waals surface area contributed by atoms with E-state index in [1.165, 1.54) is 17.3 Å². The van der Waals surface area contributed by atoms with E-state index >= 15 is 0 Å².